The van der Waals surface area contributed by atoms with E-state index in [0.717, 1.165) is 23.3 Å². The second-order valence-electron chi connectivity index (χ2n) is 8.30. The predicted molar refractivity (Wildman–Crippen MR) is 133 cm³/mol. The summed E-state index contributed by atoms with van der Waals surface area (Å²) in [4.78, 5) is 28.2. The van der Waals surface area contributed by atoms with Crippen LogP contribution in [0.1, 0.15) is 51.2 Å². The number of aryl methyl sites for hydroxylation is 1. The van der Waals surface area contributed by atoms with Crippen molar-refractivity contribution in [3.05, 3.63) is 53.6 Å². The number of carbonyl (C=O) groups is 2. The van der Waals surface area contributed by atoms with Gasteiger partial charge in [-0.1, -0.05) is 32.0 Å². The third-order valence-electron chi connectivity index (χ3n) is 5.97. The molecular weight excluding hydrogens is 432 g/mol. The minimum atomic E-state index is -0.547. The van der Waals surface area contributed by atoms with Gasteiger partial charge in [-0.15, -0.1) is 0 Å². The summed E-state index contributed by atoms with van der Waals surface area (Å²) < 4.78 is 15.9. The fraction of sp³-hybridized carbons (Fsp3) is 0.481. The zero-order chi connectivity index (χ0) is 25.1. The monoisotopic (exact) mass is 470 g/mol. The molecule has 2 aromatic rings. The Labute approximate surface area is 203 Å². The maximum absolute atomic E-state index is 13.4. The molecule has 0 aliphatic carbocycles. The zero-order valence-corrected chi connectivity index (χ0v) is 21.2. The van der Waals surface area contributed by atoms with E-state index >= 15 is 0 Å². The van der Waals surface area contributed by atoms with Gasteiger partial charge in [0.25, 0.3) is 0 Å². The van der Waals surface area contributed by atoms with E-state index in [1.54, 1.807) is 26.2 Å². The highest BCUT2D eigenvalue weighted by Crippen LogP contribution is 2.28. The van der Waals surface area contributed by atoms with Gasteiger partial charge in [-0.25, -0.2) is 0 Å². The molecule has 2 rings (SSSR count). The normalized spacial score (nSPS) is 12.4. The van der Waals surface area contributed by atoms with Gasteiger partial charge >= 0.3 is 0 Å². The van der Waals surface area contributed by atoms with Gasteiger partial charge in [-0.3, -0.25) is 9.59 Å². The molecule has 0 heterocycles. The third kappa shape index (κ3) is 7.40. The molecule has 186 valence electrons. The molecule has 0 aliphatic heterocycles. The predicted octanol–water partition coefficient (Wildman–Crippen LogP) is 4.37. The van der Waals surface area contributed by atoms with Crippen LogP contribution in [0.4, 0.5) is 0 Å². The van der Waals surface area contributed by atoms with Crippen LogP contribution in [0.2, 0.25) is 0 Å². The van der Waals surface area contributed by atoms with Gasteiger partial charge in [-0.05, 0) is 61.6 Å². The molecular formula is C27H38N2O5. The molecule has 0 radical (unpaired) electrons. The summed E-state index contributed by atoms with van der Waals surface area (Å²) in [7, 11) is 4.80. The number of hydrogen-bond donors (Lipinski definition) is 1. The van der Waals surface area contributed by atoms with Crippen LogP contribution < -0.4 is 19.5 Å². The number of ether oxygens (including phenoxy) is 3. The molecule has 0 fully saturated rings. The molecule has 1 N–H and O–H groups in total. The zero-order valence-electron chi connectivity index (χ0n) is 21.2. The number of methoxy groups -OCH3 is 3. The summed E-state index contributed by atoms with van der Waals surface area (Å²) in [6, 6.07) is 12.7. The molecule has 0 bridgehead atoms. The van der Waals surface area contributed by atoms with Gasteiger partial charge in [0.2, 0.25) is 11.8 Å². The maximum Gasteiger partial charge on any atom is 0.243 e. The molecule has 2 aromatic carbocycles. The minimum absolute atomic E-state index is 0.0475. The van der Waals surface area contributed by atoms with Crippen molar-refractivity contribution in [1.82, 2.24) is 10.2 Å². The smallest absolute Gasteiger partial charge is 0.243 e. The Morgan fingerprint density at radius 2 is 1.53 bits per heavy atom. The Kier molecular flexibility index (Phi) is 10.7. The second kappa shape index (κ2) is 13.5. The molecule has 0 saturated heterocycles. The Morgan fingerprint density at radius 3 is 2.09 bits per heavy atom. The topological polar surface area (TPSA) is 77.1 Å². The SMILES string of the molecule is CC[C@H](C)NC(=O)[C@H](CC)N(Cc1ccc(OC)cc1)C(=O)CCc1ccc(OC)c(OC)c1. The number of carbonyl (C=O) groups excluding carboxylic acids is 2. The largest absolute Gasteiger partial charge is 0.497 e. The number of nitrogens with one attached hydrogen (secondary N) is 1. The number of amides is 2. The first kappa shape index (κ1) is 27.0. The minimum Gasteiger partial charge on any atom is -0.497 e. The molecule has 0 aromatic heterocycles. The van der Waals surface area contributed by atoms with E-state index in [2.05, 4.69) is 5.32 Å². The second-order valence-corrected chi connectivity index (χ2v) is 8.30. The highest BCUT2D eigenvalue weighted by Gasteiger charge is 2.29. The number of hydrogen-bond acceptors (Lipinski definition) is 5. The standard InChI is InChI=1S/C27H38N2O5/c1-7-19(3)28-27(31)23(8-2)29(18-21-9-13-22(32-4)14-10-21)26(30)16-12-20-11-15-24(33-5)25(17-20)34-6/h9-11,13-15,17,19,23H,7-8,12,16,18H2,1-6H3,(H,28,31)/t19-,23-/m0/s1. The lowest BCUT2D eigenvalue weighted by molar-refractivity contribution is -0.141. The summed E-state index contributed by atoms with van der Waals surface area (Å²) in [5.74, 6) is 1.83. The van der Waals surface area contributed by atoms with Crippen LogP contribution in [0.3, 0.4) is 0 Å². The molecule has 2 atom stereocenters. The Hall–Kier alpha value is -3.22. The lowest BCUT2D eigenvalue weighted by Crippen LogP contribution is -2.50. The van der Waals surface area contributed by atoms with Crippen molar-refractivity contribution in [3.8, 4) is 17.2 Å². The van der Waals surface area contributed by atoms with Crippen molar-refractivity contribution in [2.45, 2.75) is 65.1 Å². The van der Waals surface area contributed by atoms with Crippen LogP contribution in [0, 0.1) is 0 Å². The highest BCUT2D eigenvalue weighted by molar-refractivity contribution is 5.88. The summed E-state index contributed by atoms with van der Waals surface area (Å²) in [6.45, 7) is 6.28. The summed E-state index contributed by atoms with van der Waals surface area (Å²) in [5, 5.41) is 3.04. The van der Waals surface area contributed by atoms with Crippen molar-refractivity contribution in [2.24, 2.45) is 0 Å². The summed E-state index contributed by atoms with van der Waals surface area (Å²) >= 11 is 0. The number of nitrogens with zero attached hydrogens (tertiary/aromatic N) is 1. The molecule has 0 aliphatic rings. The summed E-state index contributed by atoms with van der Waals surface area (Å²) in [6.07, 6.45) is 2.16. The van der Waals surface area contributed by atoms with Gasteiger partial charge in [0.15, 0.2) is 11.5 Å². The first-order valence-corrected chi connectivity index (χ1v) is 11.8. The molecule has 0 unspecified atom stereocenters. The van der Waals surface area contributed by atoms with Gasteiger partial charge in [0.05, 0.1) is 21.3 Å². The Bertz CT molecular complexity index is 929. The van der Waals surface area contributed by atoms with Crippen molar-refractivity contribution in [3.63, 3.8) is 0 Å². The molecule has 34 heavy (non-hydrogen) atoms. The quantitative estimate of drug-likeness (QED) is 0.471. The average Bonchev–Trinajstić information content (AvgIpc) is 2.87. The van der Waals surface area contributed by atoms with Crippen molar-refractivity contribution < 1.29 is 23.8 Å². The fourth-order valence-electron chi connectivity index (χ4n) is 3.72. The first-order valence-electron chi connectivity index (χ1n) is 11.8. The van der Waals surface area contributed by atoms with Crippen LogP contribution >= 0.6 is 0 Å². The number of benzene rings is 2. The van der Waals surface area contributed by atoms with Crippen LogP contribution in [0.5, 0.6) is 17.2 Å². The van der Waals surface area contributed by atoms with Crippen molar-refractivity contribution in [1.29, 1.82) is 0 Å². The lowest BCUT2D eigenvalue weighted by Gasteiger charge is -2.31. The molecule has 0 saturated carbocycles. The molecule has 7 nitrogen and oxygen atoms in total. The van der Waals surface area contributed by atoms with Gasteiger partial charge in [-0.2, -0.15) is 0 Å². The first-order chi connectivity index (χ1) is 16.4. The van der Waals surface area contributed by atoms with Crippen molar-refractivity contribution in [2.75, 3.05) is 21.3 Å². The molecule has 2 amide bonds. The van der Waals surface area contributed by atoms with Crippen LogP contribution in [0.25, 0.3) is 0 Å². The Balaban J connectivity index is 2.23. The van der Waals surface area contributed by atoms with E-state index in [4.69, 9.17) is 14.2 Å². The molecule has 0 spiro atoms. The van der Waals surface area contributed by atoms with Gasteiger partial charge in [0.1, 0.15) is 11.8 Å². The fourth-order valence-corrected chi connectivity index (χ4v) is 3.72. The lowest BCUT2D eigenvalue weighted by atomic mass is 10.1. The van der Waals surface area contributed by atoms with Gasteiger partial charge in [0, 0.05) is 19.0 Å². The van der Waals surface area contributed by atoms with E-state index in [1.807, 2.05) is 63.2 Å². The summed E-state index contributed by atoms with van der Waals surface area (Å²) in [5.41, 5.74) is 1.91. The van der Waals surface area contributed by atoms with Crippen LogP contribution in [-0.4, -0.2) is 50.1 Å². The van der Waals surface area contributed by atoms with E-state index in [0.29, 0.717) is 30.9 Å². The Morgan fingerprint density at radius 1 is 0.882 bits per heavy atom. The molecule has 7 heteroatoms. The van der Waals surface area contributed by atoms with E-state index in [9.17, 15) is 9.59 Å². The third-order valence-corrected chi connectivity index (χ3v) is 5.97. The highest BCUT2D eigenvalue weighted by atomic mass is 16.5. The van der Waals surface area contributed by atoms with E-state index in [-0.39, 0.29) is 24.3 Å². The van der Waals surface area contributed by atoms with Crippen molar-refractivity contribution >= 4 is 11.8 Å². The average molecular weight is 471 g/mol. The van der Waals surface area contributed by atoms with Crippen LogP contribution in [-0.2, 0) is 22.6 Å². The van der Waals surface area contributed by atoms with Crippen LogP contribution in [0.15, 0.2) is 42.5 Å². The van der Waals surface area contributed by atoms with E-state index in [1.165, 1.54) is 0 Å². The van der Waals surface area contributed by atoms with Gasteiger partial charge < -0.3 is 24.4 Å². The number of rotatable bonds is 13. The van der Waals surface area contributed by atoms with E-state index < -0.39 is 6.04 Å². The maximum atomic E-state index is 13.4.